The Morgan fingerprint density at radius 2 is 2.09 bits per heavy atom. The molecule has 7 heteroatoms. The van der Waals surface area contributed by atoms with Gasteiger partial charge in [0.2, 0.25) is 5.91 Å². The molecule has 3 nitrogen and oxygen atoms in total. The van der Waals surface area contributed by atoms with Crippen LogP contribution >= 0.6 is 11.3 Å². The number of alkyl halides is 3. The number of carbonyl (C=O) groups is 1. The molecule has 2 aromatic rings. The highest BCUT2D eigenvalue weighted by atomic mass is 32.1. The Hall–Kier alpha value is -1.86. The number of rotatable bonds is 5. The van der Waals surface area contributed by atoms with Gasteiger partial charge in [-0.2, -0.15) is 24.5 Å². The van der Waals surface area contributed by atoms with Gasteiger partial charge in [-0.05, 0) is 53.4 Å². The maximum atomic E-state index is 12.7. The maximum Gasteiger partial charge on any atom is 0.416 e. The van der Waals surface area contributed by atoms with Crippen LogP contribution in [0.15, 0.2) is 41.1 Å². The highest BCUT2D eigenvalue weighted by molar-refractivity contribution is 7.07. The van der Waals surface area contributed by atoms with Crippen LogP contribution < -0.4 is 11.1 Å². The first-order chi connectivity index (χ1) is 10.8. The molecular weight excluding hydrogens is 325 g/mol. The van der Waals surface area contributed by atoms with Gasteiger partial charge in [0.05, 0.1) is 5.56 Å². The zero-order valence-electron chi connectivity index (χ0n) is 12.4. The van der Waals surface area contributed by atoms with Crippen LogP contribution in [-0.4, -0.2) is 11.9 Å². The van der Waals surface area contributed by atoms with Crippen LogP contribution in [0.2, 0.25) is 0 Å². The molecule has 124 valence electrons. The Balaban J connectivity index is 2.02. The first-order valence-electron chi connectivity index (χ1n) is 7.01. The van der Waals surface area contributed by atoms with Crippen molar-refractivity contribution in [1.82, 2.24) is 5.32 Å². The highest BCUT2D eigenvalue weighted by Gasteiger charge is 2.31. The minimum absolute atomic E-state index is 0.139. The SMILES string of the molecule is CC(Cc1ccsc1)NC(=O)C(N)c1cccc(C(F)(F)F)c1. The number of halogens is 3. The number of thiophene rings is 1. The van der Waals surface area contributed by atoms with Crippen molar-refractivity contribution in [2.24, 2.45) is 5.73 Å². The van der Waals surface area contributed by atoms with Gasteiger partial charge in [0, 0.05) is 6.04 Å². The lowest BCUT2D eigenvalue weighted by atomic mass is 10.0. The van der Waals surface area contributed by atoms with Crippen molar-refractivity contribution < 1.29 is 18.0 Å². The summed E-state index contributed by atoms with van der Waals surface area (Å²) < 4.78 is 38.1. The molecule has 0 aliphatic heterocycles. The summed E-state index contributed by atoms with van der Waals surface area (Å²) in [6.07, 6.45) is -3.82. The van der Waals surface area contributed by atoms with E-state index in [4.69, 9.17) is 5.73 Å². The van der Waals surface area contributed by atoms with Crippen LogP contribution in [0.3, 0.4) is 0 Å². The van der Waals surface area contributed by atoms with E-state index in [1.165, 1.54) is 12.1 Å². The molecule has 1 aromatic heterocycles. The molecule has 0 saturated carbocycles. The predicted molar refractivity (Wildman–Crippen MR) is 84.0 cm³/mol. The van der Waals surface area contributed by atoms with E-state index in [9.17, 15) is 18.0 Å². The summed E-state index contributed by atoms with van der Waals surface area (Å²) in [5, 5.41) is 6.66. The molecule has 2 unspecified atom stereocenters. The lowest BCUT2D eigenvalue weighted by molar-refractivity contribution is -0.137. The number of nitrogens with one attached hydrogen (secondary N) is 1. The zero-order chi connectivity index (χ0) is 17.0. The summed E-state index contributed by atoms with van der Waals surface area (Å²) in [5.41, 5.74) is 6.21. The second-order valence-corrected chi connectivity index (χ2v) is 6.13. The summed E-state index contributed by atoms with van der Waals surface area (Å²) in [5.74, 6) is -0.493. The summed E-state index contributed by atoms with van der Waals surface area (Å²) in [4.78, 5) is 12.1. The third kappa shape index (κ3) is 4.80. The Bertz CT molecular complexity index is 656. The second-order valence-electron chi connectivity index (χ2n) is 5.35. The smallest absolute Gasteiger partial charge is 0.352 e. The van der Waals surface area contributed by atoms with Crippen molar-refractivity contribution in [2.45, 2.75) is 31.6 Å². The lowest BCUT2D eigenvalue weighted by Crippen LogP contribution is -2.40. The van der Waals surface area contributed by atoms with Gasteiger partial charge in [-0.3, -0.25) is 4.79 Å². The number of carbonyl (C=O) groups excluding carboxylic acids is 1. The average molecular weight is 342 g/mol. The van der Waals surface area contributed by atoms with Gasteiger partial charge >= 0.3 is 6.18 Å². The molecule has 0 saturated heterocycles. The minimum Gasteiger partial charge on any atom is -0.352 e. The Morgan fingerprint density at radius 3 is 2.70 bits per heavy atom. The van der Waals surface area contributed by atoms with E-state index in [0.717, 1.165) is 17.7 Å². The van der Waals surface area contributed by atoms with Crippen LogP contribution in [0, 0.1) is 0 Å². The van der Waals surface area contributed by atoms with Gasteiger partial charge in [0.15, 0.2) is 0 Å². The van der Waals surface area contributed by atoms with E-state index in [0.29, 0.717) is 6.42 Å². The van der Waals surface area contributed by atoms with E-state index < -0.39 is 23.7 Å². The van der Waals surface area contributed by atoms with Gasteiger partial charge in [-0.25, -0.2) is 0 Å². The fourth-order valence-corrected chi connectivity index (χ4v) is 2.89. The number of nitrogens with two attached hydrogens (primary N) is 1. The fraction of sp³-hybridized carbons (Fsp3) is 0.312. The largest absolute Gasteiger partial charge is 0.416 e. The zero-order valence-corrected chi connectivity index (χ0v) is 13.2. The van der Waals surface area contributed by atoms with E-state index >= 15 is 0 Å². The van der Waals surface area contributed by atoms with Gasteiger partial charge in [0.1, 0.15) is 6.04 Å². The van der Waals surface area contributed by atoms with Crippen LogP contribution in [0.1, 0.15) is 29.7 Å². The molecule has 1 heterocycles. The van der Waals surface area contributed by atoms with E-state index in [-0.39, 0.29) is 11.6 Å². The van der Waals surface area contributed by atoms with Crippen LogP contribution in [-0.2, 0) is 17.4 Å². The molecule has 0 aliphatic carbocycles. The molecule has 2 rings (SSSR count). The predicted octanol–water partition coefficient (Wildman–Crippen LogP) is 3.51. The molecule has 1 aromatic carbocycles. The van der Waals surface area contributed by atoms with Gasteiger partial charge in [-0.15, -0.1) is 0 Å². The number of hydrogen-bond acceptors (Lipinski definition) is 3. The van der Waals surface area contributed by atoms with Crippen molar-refractivity contribution in [1.29, 1.82) is 0 Å². The van der Waals surface area contributed by atoms with Crippen molar-refractivity contribution >= 4 is 17.2 Å². The van der Waals surface area contributed by atoms with Crippen molar-refractivity contribution in [3.8, 4) is 0 Å². The molecule has 0 spiro atoms. The Kier molecular flexibility index (Phi) is 5.43. The molecular formula is C16H17F3N2OS. The van der Waals surface area contributed by atoms with Crippen LogP contribution in [0.4, 0.5) is 13.2 Å². The third-order valence-corrected chi connectivity index (χ3v) is 4.10. The molecule has 2 atom stereocenters. The van der Waals surface area contributed by atoms with E-state index in [2.05, 4.69) is 5.32 Å². The molecule has 0 radical (unpaired) electrons. The molecule has 0 fully saturated rings. The van der Waals surface area contributed by atoms with Crippen molar-refractivity contribution in [3.63, 3.8) is 0 Å². The van der Waals surface area contributed by atoms with Gasteiger partial charge < -0.3 is 11.1 Å². The number of hydrogen-bond donors (Lipinski definition) is 2. The molecule has 0 aliphatic rings. The normalized spacial score (nSPS) is 14.3. The quantitative estimate of drug-likeness (QED) is 0.874. The number of benzene rings is 1. The Morgan fingerprint density at radius 1 is 1.35 bits per heavy atom. The highest BCUT2D eigenvalue weighted by Crippen LogP contribution is 2.30. The van der Waals surface area contributed by atoms with E-state index in [1.54, 1.807) is 11.3 Å². The first kappa shape index (κ1) is 17.5. The molecule has 1 amide bonds. The maximum absolute atomic E-state index is 12.7. The minimum atomic E-state index is -4.46. The van der Waals surface area contributed by atoms with Gasteiger partial charge in [0.25, 0.3) is 0 Å². The van der Waals surface area contributed by atoms with Crippen molar-refractivity contribution in [2.75, 3.05) is 0 Å². The fourth-order valence-electron chi connectivity index (χ4n) is 2.21. The summed E-state index contributed by atoms with van der Waals surface area (Å²) in [6.45, 7) is 1.83. The summed E-state index contributed by atoms with van der Waals surface area (Å²) in [7, 11) is 0. The van der Waals surface area contributed by atoms with Gasteiger partial charge in [-0.1, -0.05) is 12.1 Å². The molecule has 3 N–H and O–H groups in total. The first-order valence-corrected chi connectivity index (χ1v) is 7.96. The number of amides is 1. The topological polar surface area (TPSA) is 55.1 Å². The third-order valence-electron chi connectivity index (χ3n) is 3.37. The second kappa shape index (κ2) is 7.14. The van der Waals surface area contributed by atoms with Crippen molar-refractivity contribution in [3.05, 3.63) is 57.8 Å². The van der Waals surface area contributed by atoms with Crippen LogP contribution in [0.25, 0.3) is 0 Å². The molecule has 0 bridgehead atoms. The monoisotopic (exact) mass is 342 g/mol. The summed E-state index contributed by atoms with van der Waals surface area (Å²) in [6, 6.07) is 5.20. The Labute approximate surface area is 136 Å². The van der Waals surface area contributed by atoms with E-state index in [1.807, 2.05) is 23.8 Å². The van der Waals surface area contributed by atoms with Crippen LogP contribution in [0.5, 0.6) is 0 Å². The standard InChI is InChI=1S/C16H17F3N2OS/c1-10(7-11-5-6-23-9-11)21-15(22)14(20)12-3-2-4-13(8-12)16(17,18)19/h2-6,8-10,14H,7,20H2,1H3,(H,21,22). The lowest BCUT2D eigenvalue weighted by Gasteiger charge is -2.18. The summed E-state index contributed by atoms with van der Waals surface area (Å²) >= 11 is 1.56. The average Bonchev–Trinajstić information content (AvgIpc) is 2.98. The molecule has 23 heavy (non-hydrogen) atoms.